The van der Waals surface area contributed by atoms with E-state index in [4.69, 9.17) is 5.73 Å². The van der Waals surface area contributed by atoms with Crippen molar-refractivity contribution >= 4 is 15.7 Å². The van der Waals surface area contributed by atoms with Gasteiger partial charge >= 0.3 is 0 Å². The number of anilines is 1. The van der Waals surface area contributed by atoms with Crippen molar-refractivity contribution in [2.24, 2.45) is 5.41 Å². The van der Waals surface area contributed by atoms with Crippen molar-refractivity contribution in [2.75, 3.05) is 5.73 Å². The van der Waals surface area contributed by atoms with Crippen LogP contribution in [0.1, 0.15) is 41.0 Å². The number of hydrogen-bond acceptors (Lipinski definition) is 4. The van der Waals surface area contributed by atoms with E-state index in [-0.39, 0.29) is 21.7 Å². The number of nitrogen functional groups attached to an aromatic ring is 1. The molecule has 0 aliphatic rings. The molecule has 114 valence electrons. The monoisotopic (exact) mass is 300 g/mol. The average Bonchev–Trinajstić information content (AvgIpc) is 2.16. The van der Waals surface area contributed by atoms with Gasteiger partial charge in [-0.25, -0.2) is 13.1 Å². The molecule has 0 atom stereocenters. The van der Waals surface area contributed by atoms with E-state index in [1.54, 1.807) is 0 Å². The first-order chi connectivity index (χ1) is 8.82. The lowest BCUT2D eigenvalue weighted by atomic mass is 9.82. The van der Waals surface area contributed by atoms with Crippen LogP contribution in [0.5, 0.6) is 5.75 Å². The van der Waals surface area contributed by atoms with Gasteiger partial charge < -0.3 is 10.8 Å². The van der Waals surface area contributed by atoms with Gasteiger partial charge in [0.1, 0.15) is 5.75 Å². The van der Waals surface area contributed by atoms with Crippen molar-refractivity contribution in [1.82, 2.24) is 4.72 Å². The van der Waals surface area contributed by atoms with E-state index >= 15 is 0 Å². The molecular formula is C14H24N2O3S. The second-order valence-corrected chi connectivity index (χ2v) is 8.63. The lowest BCUT2D eigenvalue weighted by Crippen LogP contribution is -2.45. The Kier molecular flexibility index (Phi) is 4.41. The Bertz CT molecular complexity index is 587. The maximum Gasteiger partial charge on any atom is 0.241 e. The van der Waals surface area contributed by atoms with Gasteiger partial charge in [0.2, 0.25) is 10.0 Å². The lowest BCUT2D eigenvalue weighted by molar-refractivity contribution is 0.269. The second-order valence-electron chi connectivity index (χ2n) is 6.95. The topological polar surface area (TPSA) is 92.4 Å². The van der Waals surface area contributed by atoms with E-state index in [9.17, 15) is 13.5 Å². The number of sulfonamides is 1. The van der Waals surface area contributed by atoms with Crippen LogP contribution in [0, 0.1) is 5.41 Å². The van der Waals surface area contributed by atoms with Crippen molar-refractivity contribution < 1.29 is 13.5 Å². The van der Waals surface area contributed by atoms with E-state index in [2.05, 4.69) is 25.5 Å². The van der Waals surface area contributed by atoms with Crippen LogP contribution in [-0.4, -0.2) is 19.1 Å². The number of phenols is 1. The molecule has 0 saturated carbocycles. The van der Waals surface area contributed by atoms with Crippen molar-refractivity contribution in [3.05, 3.63) is 18.2 Å². The first-order valence-electron chi connectivity index (χ1n) is 6.45. The summed E-state index contributed by atoms with van der Waals surface area (Å²) in [5.74, 6) is -0.127. The van der Waals surface area contributed by atoms with E-state index in [1.807, 2.05) is 13.8 Å². The summed E-state index contributed by atoms with van der Waals surface area (Å²) >= 11 is 0. The molecule has 0 aliphatic carbocycles. The second kappa shape index (κ2) is 5.26. The fourth-order valence-corrected chi connectivity index (χ4v) is 3.93. The number of rotatable bonds is 4. The third kappa shape index (κ3) is 4.68. The summed E-state index contributed by atoms with van der Waals surface area (Å²) in [4.78, 5) is 0.0507. The highest BCUT2D eigenvalue weighted by molar-refractivity contribution is 7.89. The minimum absolute atomic E-state index is 0.00000375. The molecule has 0 aromatic heterocycles. The number of phenolic OH excluding ortho intramolecular Hbond substituents is 1. The molecule has 1 aromatic rings. The quantitative estimate of drug-likeness (QED) is 0.588. The number of benzene rings is 1. The highest BCUT2D eigenvalue weighted by atomic mass is 32.2. The molecule has 4 N–H and O–H groups in total. The maximum absolute atomic E-state index is 12.3. The van der Waals surface area contributed by atoms with Gasteiger partial charge in [0.15, 0.2) is 0 Å². The summed E-state index contributed by atoms with van der Waals surface area (Å²) < 4.78 is 27.4. The van der Waals surface area contributed by atoms with Gasteiger partial charge in [-0.1, -0.05) is 20.8 Å². The van der Waals surface area contributed by atoms with Crippen LogP contribution < -0.4 is 10.5 Å². The first-order valence-corrected chi connectivity index (χ1v) is 7.93. The normalized spacial score (nSPS) is 13.4. The maximum atomic E-state index is 12.3. The van der Waals surface area contributed by atoms with E-state index < -0.39 is 15.6 Å². The molecule has 0 bridgehead atoms. The van der Waals surface area contributed by atoms with Gasteiger partial charge in [-0.3, -0.25) is 0 Å². The highest BCUT2D eigenvalue weighted by Gasteiger charge is 2.30. The van der Waals surface area contributed by atoms with Crippen LogP contribution in [0.15, 0.2) is 23.1 Å². The molecule has 6 heteroatoms. The zero-order valence-corrected chi connectivity index (χ0v) is 13.5. The molecule has 0 radical (unpaired) electrons. The molecule has 1 aromatic carbocycles. The van der Waals surface area contributed by atoms with Gasteiger partial charge in [-0.2, -0.15) is 0 Å². The van der Waals surface area contributed by atoms with Gasteiger partial charge in [-0.15, -0.1) is 0 Å². The number of nitrogens with two attached hydrogens (primary N) is 1. The van der Waals surface area contributed by atoms with Gasteiger partial charge in [-0.05, 0) is 43.9 Å². The van der Waals surface area contributed by atoms with Crippen LogP contribution in [0.2, 0.25) is 0 Å². The van der Waals surface area contributed by atoms with Crippen LogP contribution in [0.25, 0.3) is 0 Å². The summed E-state index contributed by atoms with van der Waals surface area (Å²) in [5, 5.41) is 9.35. The van der Waals surface area contributed by atoms with Gasteiger partial charge in [0.05, 0.1) is 10.6 Å². The fourth-order valence-electron chi connectivity index (χ4n) is 2.48. The van der Waals surface area contributed by atoms with Crippen molar-refractivity contribution in [1.29, 1.82) is 0 Å². The summed E-state index contributed by atoms with van der Waals surface area (Å²) in [6.07, 6.45) is 0.687. The molecule has 5 nitrogen and oxygen atoms in total. The Hall–Kier alpha value is -1.27. The summed E-state index contributed by atoms with van der Waals surface area (Å²) in [6, 6.07) is 3.87. The number of nitrogens with one attached hydrogen (secondary N) is 1. The van der Waals surface area contributed by atoms with E-state index in [0.717, 1.165) is 0 Å². The van der Waals surface area contributed by atoms with Gasteiger partial charge in [0, 0.05) is 5.54 Å². The van der Waals surface area contributed by atoms with E-state index in [0.29, 0.717) is 6.42 Å². The molecule has 0 spiro atoms. The lowest BCUT2D eigenvalue weighted by Gasteiger charge is -2.33. The minimum Gasteiger partial charge on any atom is -0.506 e. The summed E-state index contributed by atoms with van der Waals surface area (Å²) in [7, 11) is -3.67. The molecule has 20 heavy (non-hydrogen) atoms. The predicted octanol–water partition coefficient (Wildman–Crippen LogP) is 2.47. The molecule has 0 heterocycles. The van der Waals surface area contributed by atoms with Gasteiger partial charge in [0.25, 0.3) is 0 Å². The molecule has 0 unspecified atom stereocenters. The molecule has 0 amide bonds. The van der Waals surface area contributed by atoms with Crippen molar-refractivity contribution in [2.45, 2.75) is 51.5 Å². The van der Waals surface area contributed by atoms with Crippen LogP contribution >= 0.6 is 0 Å². The predicted molar refractivity (Wildman–Crippen MR) is 81.0 cm³/mol. The van der Waals surface area contributed by atoms with Crippen LogP contribution in [0.4, 0.5) is 5.69 Å². The average molecular weight is 300 g/mol. The third-order valence-electron chi connectivity index (χ3n) is 2.69. The third-order valence-corrected chi connectivity index (χ3v) is 4.39. The fraction of sp³-hybridized carbons (Fsp3) is 0.571. The molecule has 0 saturated heterocycles. The number of aromatic hydroxyl groups is 1. The number of hydrogen-bond donors (Lipinski definition) is 3. The SMILES string of the molecule is CC(C)(C)CC(C)(C)NS(=O)(=O)c1ccc(O)c(N)c1. The largest absolute Gasteiger partial charge is 0.506 e. The van der Waals surface area contributed by atoms with Crippen LogP contribution in [0.3, 0.4) is 0 Å². The highest BCUT2D eigenvalue weighted by Crippen LogP contribution is 2.29. The Morgan fingerprint density at radius 2 is 1.75 bits per heavy atom. The minimum atomic E-state index is -3.67. The Morgan fingerprint density at radius 3 is 2.20 bits per heavy atom. The zero-order valence-electron chi connectivity index (χ0n) is 12.7. The smallest absolute Gasteiger partial charge is 0.241 e. The van der Waals surface area contributed by atoms with Crippen molar-refractivity contribution in [3.8, 4) is 5.75 Å². The zero-order chi connectivity index (χ0) is 15.8. The standard InChI is InChI=1S/C14H24N2O3S/c1-13(2,3)9-14(4,5)16-20(18,19)10-6-7-12(17)11(15)8-10/h6-8,16-17H,9,15H2,1-5H3. The summed E-state index contributed by atoms with van der Waals surface area (Å²) in [6.45, 7) is 9.86. The summed E-state index contributed by atoms with van der Waals surface area (Å²) in [5.41, 5.74) is 5.00. The Balaban J connectivity index is 3.03. The molecule has 1 rings (SSSR count). The molecule has 0 aliphatic heterocycles. The Morgan fingerprint density at radius 1 is 1.20 bits per heavy atom. The molecular weight excluding hydrogens is 276 g/mol. The van der Waals surface area contributed by atoms with Crippen LogP contribution in [-0.2, 0) is 10.0 Å². The Labute approximate surface area is 121 Å². The first kappa shape index (κ1) is 16.8. The molecule has 0 fully saturated rings. The van der Waals surface area contributed by atoms with Crippen molar-refractivity contribution in [3.63, 3.8) is 0 Å². The van der Waals surface area contributed by atoms with E-state index in [1.165, 1.54) is 18.2 Å².